The molecule has 0 atom stereocenters. The lowest BCUT2D eigenvalue weighted by atomic mass is 10.2. The molecule has 2 aromatic rings. The van der Waals surface area contributed by atoms with Gasteiger partial charge in [-0.1, -0.05) is 26.8 Å². The molecule has 5 nitrogen and oxygen atoms in total. The molecule has 2 aromatic heterocycles. The van der Waals surface area contributed by atoms with E-state index in [0.29, 0.717) is 5.82 Å². The third-order valence-electron chi connectivity index (χ3n) is 1.98. The first-order chi connectivity index (χ1) is 7.79. The van der Waals surface area contributed by atoms with E-state index in [9.17, 15) is 0 Å². The van der Waals surface area contributed by atoms with Crippen LogP contribution in [0.2, 0.25) is 0 Å². The van der Waals surface area contributed by atoms with Gasteiger partial charge in [0.1, 0.15) is 5.69 Å². The number of hydrogen-bond donors (Lipinski definition) is 2. The van der Waals surface area contributed by atoms with Gasteiger partial charge >= 0.3 is 0 Å². The number of nitrogen functional groups attached to an aromatic ring is 1. The van der Waals surface area contributed by atoms with Gasteiger partial charge in [-0.25, -0.2) is 0 Å². The summed E-state index contributed by atoms with van der Waals surface area (Å²) in [6.45, 7) is 6.09. The van der Waals surface area contributed by atoms with E-state index >= 15 is 0 Å². The molecule has 0 aliphatic heterocycles. The highest BCUT2D eigenvalue weighted by Gasteiger charge is 2.03. The van der Waals surface area contributed by atoms with E-state index in [2.05, 4.69) is 27.1 Å². The van der Waals surface area contributed by atoms with Crippen molar-refractivity contribution in [3.63, 3.8) is 0 Å². The van der Waals surface area contributed by atoms with Gasteiger partial charge < -0.3 is 5.73 Å². The fraction of sp³-hybridized carbons (Fsp3) is 0.364. The lowest BCUT2D eigenvalue weighted by Gasteiger charge is -1.97. The van der Waals surface area contributed by atoms with E-state index in [0.717, 1.165) is 12.1 Å². The summed E-state index contributed by atoms with van der Waals surface area (Å²) in [4.78, 5) is 8.23. The molecule has 0 saturated carbocycles. The van der Waals surface area contributed by atoms with Crippen LogP contribution in [0.3, 0.4) is 0 Å². The van der Waals surface area contributed by atoms with E-state index in [1.807, 2.05) is 32.2 Å². The van der Waals surface area contributed by atoms with E-state index in [1.165, 1.54) is 5.56 Å². The number of hydrogen-bond acceptors (Lipinski definition) is 4. The number of H-pyrrole nitrogens is 1. The van der Waals surface area contributed by atoms with Gasteiger partial charge in [-0.05, 0) is 18.1 Å². The van der Waals surface area contributed by atoms with Crippen LogP contribution in [0.15, 0.2) is 18.3 Å². The van der Waals surface area contributed by atoms with E-state index in [1.54, 1.807) is 0 Å². The maximum Gasteiger partial charge on any atom is 0.239 e. The molecule has 0 saturated heterocycles. The van der Waals surface area contributed by atoms with Gasteiger partial charge in [-0.2, -0.15) is 4.98 Å². The summed E-state index contributed by atoms with van der Waals surface area (Å²) in [6.07, 6.45) is 2.81. The average Bonchev–Trinajstić information content (AvgIpc) is 2.79. The predicted octanol–water partition coefficient (Wildman–Crippen LogP) is 2.04. The molecule has 2 heterocycles. The largest absolute Gasteiger partial charge is 0.366 e. The molecule has 0 aliphatic carbocycles. The van der Waals surface area contributed by atoms with Crippen LogP contribution in [0, 0.1) is 0 Å². The van der Waals surface area contributed by atoms with Crippen LogP contribution in [0.25, 0.3) is 11.5 Å². The Kier molecular flexibility index (Phi) is 4.44. The van der Waals surface area contributed by atoms with Crippen molar-refractivity contribution in [2.45, 2.75) is 27.2 Å². The Labute approximate surface area is 95.1 Å². The minimum atomic E-state index is 0.237. The first kappa shape index (κ1) is 12.2. The second-order valence-corrected chi connectivity index (χ2v) is 2.95. The van der Waals surface area contributed by atoms with Gasteiger partial charge in [0.25, 0.3) is 0 Å². The highest BCUT2D eigenvalue weighted by Crippen LogP contribution is 2.12. The maximum atomic E-state index is 5.39. The minimum Gasteiger partial charge on any atom is -0.366 e. The number of nitrogens with two attached hydrogens (primary N) is 1. The summed E-state index contributed by atoms with van der Waals surface area (Å²) in [5.74, 6) is 0.839. The number of nitrogens with one attached hydrogen (secondary N) is 1. The molecular formula is C11H17N5. The fourth-order valence-corrected chi connectivity index (χ4v) is 1.16. The lowest BCUT2D eigenvalue weighted by Crippen LogP contribution is -1.89. The summed E-state index contributed by atoms with van der Waals surface area (Å²) in [7, 11) is 0. The van der Waals surface area contributed by atoms with Crippen molar-refractivity contribution in [2.24, 2.45) is 0 Å². The topological polar surface area (TPSA) is 80.5 Å². The lowest BCUT2D eigenvalue weighted by molar-refractivity contribution is 1.07. The molecule has 0 aromatic carbocycles. The zero-order valence-electron chi connectivity index (χ0n) is 9.86. The molecule has 5 heteroatoms. The predicted molar refractivity (Wildman–Crippen MR) is 64.8 cm³/mol. The Morgan fingerprint density at radius 1 is 1.31 bits per heavy atom. The molecule has 16 heavy (non-hydrogen) atoms. The molecule has 0 bridgehead atoms. The zero-order chi connectivity index (χ0) is 12.0. The van der Waals surface area contributed by atoms with Crippen molar-refractivity contribution in [3.05, 3.63) is 23.9 Å². The summed E-state index contributed by atoms with van der Waals surface area (Å²) in [5.41, 5.74) is 7.34. The number of pyridine rings is 1. The standard InChI is InChI=1S/C9H11N5.C2H6/c1-2-6-3-4-7(11-5-6)8-12-9(10)14-13-8;1-2/h3-5H,2H2,1H3,(H3,10,12,13,14);1-2H3. The molecule has 2 rings (SSSR count). The Balaban J connectivity index is 0.000000606. The number of aromatic amines is 1. The molecule has 0 unspecified atom stereocenters. The first-order valence-electron chi connectivity index (χ1n) is 5.42. The van der Waals surface area contributed by atoms with Crippen LogP contribution in [0.4, 0.5) is 5.95 Å². The number of aromatic nitrogens is 4. The molecule has 0 spiro atoms. The average molecular weight is 219 g/mol. The van der Waals surface area contributed by atoms with Crippen LogP contribution in [-0.2, 0) is 6.42 Å². The van der Waals surface area contributed by atoms with Crippen LogP contribution >= 0.6 is 0 Å². The van der Waals surface area contributed by atoms with Crippen molar-refractivity contribution in [2.75, 3.05) is 5.73 Å². The van der Waals surface area contributed by atoms with E-state index in [4.69, 9.17) is 5.73 Å². The Morgan fingerprint density at radius 3 is 2.50 bits per heavy atom. The number of anilines is 1. The second-order valence-electron chi connectivity index (χ2n) is 2.95. The van der Waals surface area contributed by atoms with Crippen LogP contribution in [0.1, 0.15) is 26.3 Å². The highest BCUT2D eigenvalue weighted by atomic mass is 15.3. The van der Waals surface area contributed by atoms with Crippen molar-refractivity contribution in [3.8, 4) is 11.5 Å². The third kappa shape index (κ3) is 2.79. The Morgan fingerprint density at radius 2 is 2.06 bits per heavy atom. The Hall–Kier alpha value is -1.91. The van der Waals surface area contributed by atoms with Gasteiger partial charge in [0.15, 0.2) is 5.82 Å². The number of rotatable bonds is 2. The van der Waals surface area contributed by atoms with Crippen molar-refractivity contribution in [1.82, 2.24) is 20.2 Å². The summed E-state index contributed by atoms with van der Waals surface area (Å²) in [5, 5.41) is 6.45. The molecular weight excluding hydrogens is 202 g/mol. The molecule has 0 amide bonds. The maximum absolute atomic E-state index is 5.39. The van der Waals surface area contributed by atoms with Crippen molar-refractivity contribution >= 4 is 5.95 Å². The molecule has 0 radical (unpaired) electrons. The van der Waals surface area contributed by atoms with Gasteiger partial charge in [-0.3, -0.25) is 10.1 Å². The van der Waals surface area contributed by atoms with Gasteiger partial charge in [0.2, 0.25) is 5.95 Å². The number of nitrogens with zero attached hydrogens (tertiary/aromatic N) is 3. The van der Waals surface area contributed by atoms with Crippen LogP contribution in [-0.4, -0.2) is 20.2 Å². The second kappa shape index (κ2) is 5.85. The summed E-state index contributed by atoms with van der Waals surface area (Å²) < 4.78 is 0. The van der Waals surface area contributed by atoms with Crippen LogP contribution < -0.4 is 5.73 Å². The third-order valence-corrected chi connectivity index (χ3v) is 1.98. The fourth-order valence-electron chi connectivity index (χ4n) is 1.16. The number of aryl methyl sites for hydroxylation is 1. The smallest absolute Gasteiger partial charge is 0.239 e. The summed E-state index contributed by atoms with van der Waals surface area (Å²) in [6, 6.07) is 3.92. The quantitative estimate of drug-likeness (QED) is 0.809. The SMILES string of the molecule is CC.CCc1ccc(-c2nc(N)n[nH]2)nc1. The molecule has 0 fully saturated rings. The van der Waals surface area contributed by atoms with Gasteiger partial charge in [-0.15, -0.1) is 5.10 Å². The molecule has 3 N–H and O–H groups in total. The zero-order valence-corrected chi connectivity index (χ0v) is 9.86. The monoisotopic (exact) mass is 219 g/mol. The van der Waals surface area contributed by atoms with Gasteiger partial charge in [0.05, 0.1) is 0 Å². The highest BCUT2D eigenvalue weighted by molar-refractivity contribution is 5.50. The van der Waals surface area contributed by atoms with Crippen molar-refractivity contribution < 1.29 is 0 Å². The Bertz CT molecular complexity index is 418. The molecule has 86 valence electrons. The van der Waals surface area contributed by atoms with Crippen molar-refractivity contribution in [1.29, 1.82) is 0 Å². The first-order valence-corrected chi connectivity index (χ1v) is 5.42. The summed E-state index contributed by atoms with van der Waals surface area (Å²) >= 11 is 0. The molecule has 0 aliphatic rings. The van der Waals surface area contributed by atoms with E-state index in [-0.39, 0.29) is 5.95 Å². The normalized spacial score (nSPS) is 9.44. The van der Waals surface area contributed by atoms with Gasteiger partial charge in [0, 0.05) is 6.20 Å². The van der Waals surface area contributed by atoms with E-state index < -0.39 is 0 Å². The minimum absolute atomic E-state index is 0.237. The van der Waals surface area contributed by atoms with Crippen LogP contribution in [0.5, 0.6) is 0 Å².